The Morgan fingerprint density at radius 3 is 2.27 bits per heavy atom. The number of fused-ring (bicyclic) bond motifs is 1. The van der Waals surface area contributed by atoms with Crippen LogP contribution in [0.2, 0.25) is 0 Å². The van der Waals surface area contributed by atoms with Crippen molar-refractivity contribution in [1.82, 2.24) is 25.2 Å². The third-order valence-electron chi connectivity index (χ3n) is 5.75. The van der Waals surface area contributed by atoms with Gasteiger partial charge in [0.25, 0.3) is 0 Å². The SMILES string of the molecule is CC(C)(C)C(=O)O.Nc1ncnc2c1c(-c1ccc(Oc3ccccc3)cc1)nn2OC1CCNCC1. The second kappa shape index (κ2) is 11.3. The molecule has 37 heavy (non-hydrogen) atoms. The maximum Gasteiger partial charge on any atom is 0.308 e. The number of anilines is 1. The van der Waals surface area contributed by atoms with E-state index >= 15 is 0 Å². The largest absolute Gasteiger partial charge is 0.481 e. The number of para-hydroxylation sites is 1. The molecule has 0 spiro atoms. The molecule has 0 bridgehead atoms. The highest BCUT2D eigenvalue weighted by molar-refractivity contribution is 5.98. The standard InChI is InChI=1S/C22H22N6O2.C5H10O2/c23-21-19-20(15-6-8-17(9-7-15)29-16-4-2-1-3-5-16)27-28(22(19)26-14-25-21)30-18-10-12-24-13-11-18;1-5(2,3)4(6)7/h1-9,14,18,24H,10-13H2,(H2,23,25,26);1-3H3,(H,6,7). The van der Waals surface area contributed by atoms with E-state index in [0.29, 0.717) is 22.5 Å². The molecule has 1 saturated heterocycles. The molecule has 3 heterocycles. The van der Waals surface area contributed by atoms with E-state index in [9.17, 15) is 4.79 Å². The van der Waals surface area contributed by atoms with Crippen LogP contribution in [0.25, 0.3) is 22.3 Å². The molecule has 0 amide bonds. The maximum absolute atomic E-state index is 10.0. The summed E-state index contributed by atoms with van der Waals surface area (Å²) in [4.78, 5) is 26.2. The number of aromatic nitrogens is 4. The first-order valence-electron chi connectivity index (χ1n) is 12.2. The lowest BCUT2D eigenvalue weighted by Crippen LogP contribution is -2.37. The van der Waals surface area contributed by atoms with Crippen LogP contribution < -0.4 is 20.6 Å². The molecule has 4 aromatic rings. The Kier molecular flexibility index (Phi) is 7.88. The molecule has 2 aromatic carbocycles. The minimum absolute atomic E-state index is 0.0834. The van der Waals surface area contributed by atoms with Crippen LogP contribution in [-0.2, 0) is 4.79 Å². The molecular weight excluding hydrogens is 472 g/mol. The van der Waals surface area contributed by atoms with E-state index in [2.05, 4.69) is 20.4 Å². The van der Waals surface area contributed by atoms with Crippen LogP contribution in [0.4, 0.5) is 5.82 Å². The third-order valence-corrected chi connectivity index (χ3v) is 5.75. The minimum Gasteiger partial charge on any atom is -0.481 e. The Morgan fingerprint density at radius 1 is 1.03 bits per heavy atom. The monoisotopic (exact) mass is 504 g/mol. The third kappa shape index (κ3) is 6.53. The number of aliphatic carboxylic acids is 1. The van der Waals surface area contributed by atoms with Crippen LogP contribution in [0.3, 0.4) is 0 Å². The maximum atomic E-state index is 10.0. The first-order valence-corrected chi connectivity index (χ1v) is 12.2. The van der Waals surface area contributed by atoms with Crippen molar-refractivity contribution in [3.05, 3.63) is 60.9 Å². The van der Waals surface area contributed by atoms with E-state index in [4.69, 9.17) is 20.4 Å². The number of carbonyl (C=O) groups is 1. The van der Waals surface area contributed by atoms with Gasteiger partial charge in [0.15, 0.2) is 0 Å². The van der Waals surface area contributed by atoms with Gasteiger partial charge in [-0.15, -0.1) is 5.10 Å². The highest BCUT2D eigenvalue weighted by Crippen LogP contribution is 2.32. The quantitative estimate of drug-likeness (QED) is 0.366. The van der Waals surface area contributed by atoms with Gasteiger partial charge in [-0.25, -0.2) is 9.97 Å². The van der Waals surface area contributed by atoms with Crippen molar-refractivity contribution in [3.8, 4) is 22.8 Å². The summed E-state index contributed by atoms with van der Waals surface area (Å²) in [5, 5.41) is 16.9. The Bertz CT molecular complexity index is 1330. The van der Waals surface area contributed by atoms with Crippen LogP contribution >= 0.6 is 0 Å². The van der Waals surface area contributed by atoms with E-state index in [0.717, 1.165) is 43.0 Å². The van der Waals surface area contributed by atoms with E-state index in [1.807, 2.05) is 54.6 Å². The lowest BCUT2D eigenvalue weighted by Gasteiger charge is -2.22. The molecule has 1 fully saturated rings. The Balaban J connectivity index is 0.000000405. The lowest BCUT2D eigenvalue weighted by atomic mass is 9.98. The molecule has 0 atom stereocenters. The van der Waals surface area contributed by atoms with E-state index in [1.54, 1.807) is 20.8 Å². The number of carboxylic acids is 1. The zero-order chi connectivity index (χ0) is 26.4. The zero-order valence-corrected chi connectivity index (χ0v) is 21.2. The first kappa shape index (κ1) is 25.9. The predicted octanol–water partition coefficient (Wildman–Crippen LogP) is 4.17. The molecule has 5 rings (SSSR count). The van der Waals surface area contributed by atoms with Gasteiger partial charge in [-0.1, -0.05) is 23.0 Å². The molecule has 0 unspecified atom stereocenters. The van der Waals surface area contributed by atoms with Crippen molar-refractivity contribution in [3.63, 3.8) is 0 Å². The number of benzene rings is 2. The highest BCUT2D eigenvalue weighted by atomic mass is 16.7. The number of ether oxygens (including phenoxy) is 1. The van der Waals surface area contributed by atoms with Gasteiger partial charge in [-0.3, -0.25) is 4.79 Å². The summed E-state index contributed by atoms with van der Waals surface area (Å²) in [6.45, 7) is 6.84. The van der Waals surface area contributed by atoms with Crippen LogP contribution in [0, 0.1) is 5.41 Å². The zero-order valence-electron chi connectivity index (χ0n) is 21.2. The normalized spacial score (nSPS) is 14.0. The number of nitrogens with two attached hydrogens (primary N) is 1. The van der Waals surface area contributed by atoms with Crippen molar-refractivity contribution < 1.29 is 19.5 Å². The Morgan fingerprint density at radius 2 is 1.65 bits per heavy atom. The summed E-state index contributed by atoms with van der Waals surface area (Å²) >= 11 is 0. The average molecular weight is 505 g/mol. The number of carboxylic acid groups (broad SMARTS) is 1. The van der Waals surface area contributed by atoms with Crippen LogP contribution in [0.15, 0.2) is 60.9 Å². The van der Waals surface area contributed by atoms with Crippen molar-refractivity contribution in [1.29, 1.82) is 0 Å². The number of hydrogen-bond acceptors (Lipinski definition) is 8. The topological polar surface area (TPSA) is 137 Å². The molecule has 10 heteroatoms. The average Bonchev–Trinajstić information content (AvgIpc) is 3.25. The fourth-order valence-electron chi connectivity index (χ4n) is 3.57. The lowest BCUT2D eigenvalue weighted by molar-refractivity contribution is -0.145. The molecule has 2 aromatic heterocycles. The Hall–Kier alpha value is -4.18. The number of hydrogen-bond donors (Lipinski definition) is 3. The van der Waals surface area contributed by atoms with Gasteiger partial charge in [0.2, 0.25) is 5.65 Å². The van der Waals surface area contributed by atoms with Gasteiger partial charge in [0.05, 0.1) is 10.8 Å². The van der Waals surface area contributed by atoms with Crippen LogP contribution in [-0.4, -0.2) is 50.2 Å². The van der Waals surface area contributed by atoms with E-state index < -0.39 is 11.4 Å². The predicted molar refractivity (Wildman–Crippen MR) is 141 cm³/mol. The minimum atomic E-state index is -0.757. The molecule has 1 aliphatic rings. The molecule has 0 aliphatic carbocycles. The van der Waals surface area contributed by atoms with Gasteiger partial charge < -0.3 is 25.7 Å². The molecule has 0 radical (unpaired) electrons. The molecule has 1 aliphatic heterocycles. The summed E-state index contributed by atoms with van der Waals surface area (Å²) in [7, 11) is 0. The summed E-state index contributed by atoms with van der Waals surface area (Å²) < 4.78 is 5.88. The molecule has 0 saturated carbocycles. The summed E-state index contributed by atoms with van der Waals surface area (Å²) in [5.74, 6) is 1.14. The number of piperidine rings is 1. The summed E-state index contributed by atoms with van der Waals surface area (Å²) in [6.07, 6.45) is 3.35. The van der Waals surface area contributed by atoms with Gasteiger partial charge in [-0.2, -0.15) is 0 Å². The van der Waals surface area contributed by atoms with E-state index in [1.165, 1.54) is 11.2 Å². The van der Waals surface area contributed by atoms with Gasteiger partial charge >= 0.3 is 5.97 Å². The second-order valence-corrected chi connectivity index (χ2v) is 9.73. The van der Waals surface area contributed by atoms with Crippen LogP contribution in [0.1, 0.15) is 33.6 Å². The van der Waals surface area contributed by atoms with Gasteiger partial charge in [-0.05, 0) is 83.1 Å². The summed E-state index contributed by atoms with van der Waals surface area (Å²) in [5.41, 5.74) is 7.73. The van der Waals surface area contributed by atoms with Crippen molar-refractivity contribution in [2.75, 3.05) is 18.8 Å². The van der Waals surface area contributed by atoms with Crippen molar-refractivity contribution in [2.45, 2.75) is 39.7 Å². The molecule has 10 nitrogen and oxygen atoms in total. The number of rotatable bonds is 5. The van der Waals surface area contributed by atoms with Crippen molar-refractivity contribution in [2.24, 2.45) is 5.41 Å². The highest BCUT2D eigenvalue weighted by Gasteiger charge is 2.22. The van der Waals surface area contributed by atoms with Crippen LogP contribution in [0.5, 0.6) is 11.5 Å². The van der Waals surface area contributed by atoms with Gasteiger partial charge in [0.1, 0.15) is 35.4 Å². The number of nitrogens with one attached hydrogen (secondary N) is 1. The smallest absolute Gasteiger partial charge is 0.308 e. The fourth-order valence-corrected chi connectivity index (χ4v) is 3.57. The molecule has 4 N–H and O–H groups in total. The van der Waals surface area contributed by atoms with Crippen molar-refractivity contribution >= 4 is 22.8 Å². The number of nitrogen functional groups attached to an aromatic ring is 1. The molecular formula is C27H32N6O4. The number of nitrogens with zero attached hydrogens (tertiary/aromatic N) is 4. The second-order valence-electron chi connectivity index (χ2n) is 9.73. The molecule has 194 valence electrons. The first-order chi connectivity index (χ1) is 17.7. The van der Waals surface area contributed by atoms with E-state index in [-0.39, 0.29) is 6.10 Å². The fraction of sp³-hybridized carbons (Fsp3) is 0.333. The summed E-state index contributed by atoms with van der Waals surface area (Å²) in [6, 6.07) is 17.4. The Labute approximate surface area is 215 Å². The van der Waals surface area contributed by atoms with Gasteiger partial charge in [0, 0.05) is 5.56 Å².